The second-order valence-corrected chi connectivity index (χ2v) is 23.9. The van der Waals surface area contributed by atoms with E-state index in [1.54, 1.807) is 0 Å². The van der Waals surface area contributed by atoms with Crippen molar-refractivity contribution in [3.05, 3.63) is 106 Å². The lowest BCUT2D eigenvalue weighted by atomic mass is 9.95. The normalized spacial score (nSPS) is 15.5. The van der Waals surface area contributed by atoms with E-state index in [-0.39, 0.29) is 11.8 Å². The van der Waals surface area contributed by atoms with E-state index >= 15 is 9.59 Å². The fourth-order valence-corrected chi connectivity index (χ4v) is 14.4. The fraction of sp³-hybridized carbons (Fsp3) is 0.467. The number of nitrogens with zero attached hydrogens (tertiary/aromatic N) is 2. The van der Waals surface area contributed by atoms with Crippen LogP contribution in [0.15, 0.2) is 84.9 Å². The number of fused-ring (bicyclic) bond motifs is 2. The molecule has 2 unspecified atom stereocenters. The first kappa shape index (κ1) is 50.3. The number of carbonyl (C=O) groups is 2. The summed E-state index contributed by atoms with van der Waals surface area (Å²) in [4.78, 5) is 45.3. The first-order valence-corrected chi connectivity index (χ1v) is 29.6. The summed E-state index contributed by atoms with van der Waals surface area (Å²) in [5, 5.41) is 0. The van der Waals surface area contributed by atoms with E-state index in [1.807, 2.05) is 55.1 Å². The van der Waals surface area contributed by atoms with E-state index in [9.17, 15) is 0 Å². The zero-order chi connectivity index (χ0) is 47.6. The van der Waals surface area contributed by atoms with E-state index in [2.05, 4.69) is 126 Å². The fourth-order valence-electron chi connectivity index (χ4n) is 10.1. The molecule has 2 aromatic carbocycles. The van der Waals surface area contributed by atoms with Gasteiger partial charge in [0.15, 0.2) is 0 Å². The Morgan fingerprint density at radius 1 is 0.412 bits per heavy atom. The minimum absolute atomic E-state index is 0.0363. The first-order valence-electron chi connectivity index (χ1n) is 26.3. The Balaban J connectivity index is 1.16. The molecule has 0 spiro atoms. The third kappa shape index (κ3) is 11.4. The number of rotatable bonds is 26. The van der Waals surface area contributed by atoms with Gasteiger partial charge in [-0.25, -0.2) is 0 Å². The van der Waals surface area contributed by atoms with Gasteiger partial charge in [0, 0.05) is 63.2 Å². The molecule has 0 fully saturated rings. The standard InChI is InChI=1S/C60H74N2O2S4/c1-7-13-17-19-23-45-27-31-53(65-45)55-35-33-51(67-55)43-25-29-47-49(37-43)61(39-41(11-5)21-15-9-3)59(63)57(47)58-48-30-26-44(38-50(48)62(60(58)64)40-42(12-6)22-16-10-4)52-34-36-56(68-52)54-32-28-46(66-54)24-20-18-14-8-2/h25-38,41-42H,7-24,39-40H2,1-6H3/b58-57+. The van der Waals surface area contributed by atoms with Gasteiger partial charge in [0.1, 0.15) is 0 Å². The number of hydrogen-bond acceptors (Lipinski definition) is 6. The summed E-state index contributed by atoms with van der Waals surface area (Å²) in [5.74, 6) is 0.677. The van der Waals surface area contributed by atoms with Crippen molar-refractivity contribution in [1.29, 1.82) is 0 Å². The Bertz CT molecular complexity index is 2470. The molecule has 8 heteroatoms. The summed E-state index contributed by atoms with van der Waals surface area (Å²) in [7, 11) is 0. The van der Waals surface area contributed by atoms with Crippen LogP contribution in [0, 0.1) is 11.8 Å². The monoisotopic (exact) mass is 982 g/mol. The molecule has 2 aliphatic heterocycles. The second kappa shape index (κ2) is 24.2. The van der Waals surface area contributed by atoms with Crippen molar-refractivity contribution in [2.24, 2.45) is 11.8 Å². The van der Waals surface area contributed by atoms with E-state index in [4.69, 9.17) is 0 Å². The van der Waals surface area contributed by atoms with Crippen LogP contribution in [0.25, 0.3) is 51.5 Å². The van der Waals surface area contributed by atoms with Gasteiger partial charge in [-0.05, 0) is 122 Å². The molecule has 4 nitrogen and oxygen atoms in total. The third-order valence-corrected chi connectivity index (χ3v) is 19.3. The van der Waals surface area contributed by atoms with Crippen molar-refractivity contribution in [2.45, 2.75) is 157 Å². The highest BCUT2D eigenvalue weighted by Gasteiger charge is 2.43. The maximum absolute atomic E-state index is 15.3. The molecule has 0 radical (unpaired) electrons. The highest BCUT2D eigenvalue weighted by Crippen LogP contribution is 2.50. The van der Waals surface area contributed by atoms with Gasteiger partial charge in [-0.15, -0.1) is 45.3 Å². The molecule has 8 rings (SSSR count). The van der Waals surface area contributed by atoms with Crippen LogP contribution in [-0.4, -0.2) is 24.9 Å². The summed E-state index contributed by atoms with van der Waals surface area (Å²) >= 11 is 7.52. The number of aryl methyl sites for hydroxylation is 2. The van der Waals surface area contributed by atoms with Crippen molar-refractivity contribution >= 4 is 79.7 Å². The van der Waals surface area contributed by atoms with E-state index in [0.717, 1.165) is 97.8 Å². The molecular weight excluding hydrogens is 909 g/mol. The smallest absolute Gasteiger partial charge is 0.259 e. The molecule has 2 atom stereocenters. The van der Waals surface area contributed by atoms with Crippen LogP contribution in [0.4, 0.5) is 11.4 Å². The lowest BCUT2D eigenvalue weighted by Gasteiger charge is -2.24. The predicted octanol–water partition coefficient (Wildman–Crippen LogP) is 18.9. The number of benzene rings is 2. The number of anilines is 2. The molecule has 68 heavy (non-hydrogen) atoms. The minimum atomic E-state index is -0.0363. The molecular formula is C60H74N2O2S4. The predicted molar refractivity (Wildman–Crippen MR) is 300 cm³/mol. The van der Waals surface area contributed by atoms with Crippen molar-refractivity contribution in [2.75, 3.05) is 22.9 Å². The van der Waals surface area contributed by atoms with Gasteiger partial charge in [0.2, 0.25) is 0 Å². The van der Waals surface area contributed by atoms with Crippen molar-refractivity contribution in [1.82, 2.24) is 0 Å². The van der Waals surface area contributed by atoms with Crippen LogP contribution in [0.3, 0.4) is 0 Å². The first-order chi connectivity index (χ1) is 33.3. The van der Waals surface area contributed by atoms with E-state index in [1.165, 1.54) is 90.4 Å². The molecule has 360 valence electrons. The van der Waals surface area contributed by atoms with Gasteiger partial charge in [-0.1, -0.05) is 143 Å². The third-order valence-electron chi connectivity index (χ3n) is 14.4. The molecule has 0 saturated heterocycles. The molecule has 2 amide bonds. The zero-order valence-corrected chi connectivity index (χ0v) is 45.0. The Labute approximate surface area is 424 Å². The highest BCUT2D eigenvalue weighted by atomic mass is 32.1. The molecule has 4 aromatic heterocycles. The number of thiophene rings is 4. The lowest BCUT2D eigenvalue weighted by Crippen LogP contribution is -2.34. The molecule has 6 aromatic rings. The van der Waals surface area contributed by atoms with E-state index < -0.39 is 0 Å². The van der Waals surface area contributed by atoms with Crippen LogP contribution in [0.2, 0.25) is 0 Å². The van der Waals surface area contributed by atoms with E-state index in [0.29, 0.717) is 36.1 Å². The Hall–Kier alpha value is -4.08. The molecule has 0 aliphatic carbocycles. The van der Waals surface area contributed by atoms with Crippen LogP contribution >= 0.6 is 45.3 Å². The quantitative estimate of drug-likeness (QED) is 0.0401. The maximum Gasteiger partial charge on any atom is 0.259 e. The number of amides is 2. The van der Waals surface area contributed by atoms with Crippen molar-refractivity contribution < 1.29 is 9.59 Å². The van der Waals surface area contributed by atoms with Gasteiger partial charge in [0.05, 0.1) is 22.5 Å². The SMILES string of the molecule is CCCCCCc1ccc(-c2ccc(-c3ccc4c(c3)N(CC(CC)CCCC)C(=O)/C4=C3/C(=O)N(CC(CC)CCCC)c4cc(-c5ccc(-c6ccc(CCCCCC)s6)s5)ccc43)s2)s1. The van der Waals surface area contributed by atoms with Crippen LogP contribution in [0.5, 0.6) is 0 Å². The summed E-state index contributed by atoms with van der Waals surface area (Å²) in [6.07, 6.45) is 21.3. The van der Waals surface area contributed by atoms with Crippen molar-refractivity contribution in [3.8, 4) is 40.4 Å². The lowest BCUT2D eigenvalue weighted by molar-refractivity contribution is -0.114. The van der Waals surface area contributed by atoms with Crippen LogP contribution in [-0.2, 0) is 22.4 Å². The van der Waals surface area contributed by atoms with Crippen LogP contribution in [0.1, 0.15) is 165 Å². The number of carbonyl (C=O) groups excluding carboxylic acids is 2. The minimum Gasteiger partial charge on any atom is -0.307 e. The zero-order valence-electron chi connectivity index (χ0n) is 41.7. The van der Waals surface area contributed by atoms with Gasteiger partial charge in [-0.3, -0.25) is 9.59 Å². The Morgan fingerprint density at radius 2 is 0.794 bits per heavy atom. The second-order valence-electron chi connectivity index (χ2n) is 19.4. The molecule has 0 bridgehead atoms. The number of hydrogen-bond donors (Lipinski definition) is 0. The summed E-state index contributed by atoms with van der Waals surface area (Å²) in [6.45, 7) is 14.8. The number of unbranched alkanes of at least 4 members (excludes halogenated alkanes) is 8. The molecule has 0 saturated carbocycles. The van der Waals surface area contributed by atoms with Gasteiger partial charge in [0.25, 0.3) is 11.8 Å². The molecule has 0 N–H and O–H groups in total. The Kier molecular flexibility index (Phi) is 17.9. The van der Waals surface area contributed by atoms with Gasteiger partial charge < -0.3 is 9.80 Å². The average Bonchev–Trinajstić information content (AvgIpc) is 4.24. The summed E-state index contributed by atoms with van der Waals surface area (Å²) in [5.41, 5.74) is 7.02. The largest absolute Gasteiger partial charge is 0.307 e. The molecule has 6 heterocycles. The van der Waals surface area contributed by atoms with Crippen LogP contribution < -0.4 is 9.80 Å². The van der Waals surface area contributed by atoms with Gasteiger partial charge >= 0.3 is 0 Å². The average molecular weight is 984 g/mol. The molecule has 2 aliphatic rings. The highest BCUT2D eigenvalue weighted by molar-refractivity contribution is 7.24. The maximum atomic E-state index is 15.3. The topological polar surface area (TPSA) is 40.6 Å². The van der Waals surface area contributed by atoms with Crippen molar-refractivity contribution in [3.63, 3.8) is 0 Å². The summed E-state index contributed by atoms with van der Waals surface area (Å²) < 4.78 is 0. The summed E-state index contributed by atoms with van der Waals surface area (Å²) in [6, 6.07) is 31.4. The Morgan fingerprint density at radius 3 is 1.19 bits per heavy atom. The van der Waals surface area contributed by atoms with Gasteiger partial charge in [-0.2, -0.15) is 0 Å².